The van der Waals surface area contributed by atoms with Crippen molar-refractivity contribution in [1.29, 1.82) is 0 Å². The van der Waals surface area contributed by atoms with Gasteiger partial charge in [-0.15, -0.1) is 0 Å². The van der Waals surface area contributed by atoms with Gasteiger partial charge in [0.05, 0.1) is 4.47 Å². The second-order valence-electron chi connectivity index (χ2n) is 6.85. The highest BCUT2D eigenvalue weighted by molar-refractivity contribution is 9.10. The molecule has 4 rings (SSSR count). The van der Waals surface area contributed by atoms with E-state index in [0.29, 0.717) is 24.9 Å². The lowest BCUT2D eigenvalue weighted by Crippen LogP contribution is -2.02. The van der Waals surface area contributed by atoms with Crippen LogP contribution < -0.4 is 27.8 Å². The number of nitrogens with zero attached hydrogens (tertiary/aromatic N) is 2. The Morgan fingerprint density at radius 1 is 0.719 bits per heavy atom. The Labute approximate surface area is 196 Å². The largest absolute Gasteiger partial charge is 0.399 e. The summed E-state index contributed by atoms with van der Waals surface area (Å²) in [5, 5.41) is 6.45. The van der Waals surface area contributed by atoms with E-state index in [4.69, 9.17) is 17.2 Å². The van der Waals surface area contributed by atoms with Crippen molar-refractivity contribution in [3.8, 4) is 0 Å². The summed E-state index contributed by atoms with van der Waals surface area (Å²) >= 11 is 3.46. The van der Waals surface area contributed by atoms with Crippen LogP contribution in [0.1, 0.15) is 11.1 Å². The third-order valence-corrected chi connectivity index (χ3v) is 5.02. The van der Waals surface area contributed by atoms with Crippen LogP contribution in [0.3, 0.4) is 0 Å². The molecule has 1 aromatic heterocycles. The number of hydrogen-bond acceptors (Lipinski definition) is 7. The molecule has 8 N–H and O–H groups in total. The molecule has 0 atom stereocenters. The van der Waals surface area contributed by atoms with Gasteiger partial charge in [-0.1, -0.05) is 42.5 Å². The van der Waals surface area contributed by atoms with Crippen molar-refractivity contribution >= 4 is 44.8 Å². The van der Waals surface area contributed by atoms with E-state index in [-0.39, 0.29) is 0 Å². The highest BCUT2D eigenvalue weighted by Gasteiger charge is 2.06. The van der Waals surface area contributed by atoms with Crippen molar-refractivity contribution in [3.63, 3.8) is 0 Å². The Morgan fingerprint density at radius 2 is 1.28 bits per heavy atom. The topological polar surface area (TPSA) is 128 Å². The molecule has 0 unspecified atom stereocenters. The number of benzene rings is 3. The monoisotopic (exact) mass is 491 g/mol. The molecular weight excluding hydrogens is 466 g/mol. The van der Waals surface area contributed by atoms with E-state index >= 15 is 0 Å². The molecular formula is C24H26BrN7. The van der Waals surface area contributed by atoms with Gasteiger partial charge in [-0.05, 0) is 63.5 Å². The van der Waals surface area contributed by atoms with Crippen LogP contribution in [0.4, 0.5) is 28.8 Å². The van der Waals surface area contributed by atoms with Crippen molar-refractivity contribution in [3.05, 3.63) is 101 Å². The van der Waals surface area contributed by atoms with Crippen molar-refractivity contribution in [2.45, 2.75) is 13.1 Å². The lowest BCUT2D eigenvalue weighted by molar-refractivity contribution is 1.07. The summed E-state index contributed by atoms with van der Waals surface area (Å²) < 4.78 is 0.797. The third-order valence-electron chi connectivity index (χ3n) is 4.44. The number of nitrogen functional groups attached to an aromatic ring is 1. The van der Waals surface area contributed by atoms with Crippen molar-refractivity contribution in [2.75, 3.05) is 16.4 Å². The predicted octanol–water partition coefficient (Wildman–Crippen LogP) is 4.91. The smallest absolute Gasteiger partial charge is 0.229 e. The molecule has 0 saturated carbocycles. The van der Waals surface area contributed by atoms with E-state index in [1.165, 1.54) is 0 Å². The third kappa shape index (κ3) is 7.05. The van der Waals surface area contributed by atoms with Gasteiger partial charge in [-0.2, -0.15) is 4.98 Å². The molecule has 8 heteroatoms. The Balaban J connectivity index is 0.000000269. The first-order chi connectivity index (χ1) is 15.6. The van der Waals surface area contributed by atoms with Gasteiger partial charge in [0.2, 0.25) is 5.95 Å². The highest BCUT2D eigenvalue weighted by atomic mass is 79.9. The lowest BCUT2D eigenvalue weighted by atomic mass is 10.2. The van der Waals surface area contributed by atoms with Crippen LogP contribution in [0.15, 0.2) is 89.5 Å². The van der Waals surface area contributed by atoms with Gasteiger partial charge < -0.3 is 27.8 Å². The van der Waals surface area contributed by atoms with Crippen LogP contribution in [0.25, 0.3) is 0 Å². The molecule has 0 saturated heterocycles. The maximum atomic E-state index is 5.60. The van der Waals surface area contributed by atoms with Gasteiger partial charge in [0.15, 0.2) is 0 Å². The zero-order chi connectivity index (χ0) is 22.8. The molecule has 0 aliphatic carbocycles. The molecule has 0 aliphatic rings. The average molecular weight is 492 g/mol. The Morgan fingerprint density at radius 3 is 1.88 bits per heavy atom. The lowest BCUT2D eigenvalue weighted by Gasteiger charge is -2.10. The Hall–Kier alpha value is -3.46. The van der Waals surface area contributed by atoms with E-state index in [2.05, 4.69) is 36.5 Å². The summed E-state index contributed by atoms with van der Waals surface area (Å²) in [5.74, 6) is 1.22. The van der Waals surface area contributed by atoms with E-state index in [9.17, 15) is 0 Å². The fraction of sp³-hybridized carbons (Fsp3) is 0.0833. The van der Waals surface area contributed by atoms with E-state index in [1.54, 1.807) is 6.20 Å². The van der Waals surface area contributed by atoms with Gasteiger partial charge in [0, 0.05) is 36.3 Å². The van der Waals surface area contributed by atoms with Gasteiger partial charge in [-0.25, -0.2) is 4.98 Å². The first-order valence-electron chi connectivity index (χ1n) is 10.0. The number of nitrogens with two attached hydrogens (primary N) is 3. The molecule has 4 aromatic rings. The number of anilines is 5. The number of rotatable bonds is 6. The van der Waals surface area contributed by atoms with Crippen LogP contribution in [-0.2, 0) is 13.1 Å². The molecule has 0 spiro atoms. The van der Waals surface area contributed by atoms with Gasteiger partial charge >= 0.3 is 0 Å². The molecule has 7 nitrogen and oxygen atoms in total. The maximum Gasteiger partial charge on any atom is 0.229 e. The zero-order valence-electron chi connectivity index (χ0n) is 17.5. The van der Waals surface area contributed by atoms with Crippen LogP contribution >= 0.6 is 15.9 Å². The minimum Gasteiger partial charge on any atom is -0.399 e. The summed E-state index contributed by atoms with van der Waals surface area (Å²) in [5.41, 5.74) is 21.3. The molecule has 0 amide bonds. The van der Waals surface area contributed by atoms with Crippen LogP contribution in [-0.4, -0.2) is 9.97 Å². The minimum atomic E-state index is 0.520. The van der Waals surface area contributed by atoms with E-state index < -0.39 is 0 Å². The van der Waals surface area contributed by atoms with Crippen molar-refractivity contribution in [1.82, 2.24) is 9.97 Å². The summed E-state index contributed by atoms with van der Waals surface area (Å²) in [4.78, 5) is 8.79. The highest BCUT2D eigenvalue weighted by Crippen LogP contribution is 2.25. The van der Waals surface area contributed by atoms with Gasteiger partial charge in [0.1, 0.15) is 5.82 Å². The molecule has 32 heavy (non-hydrogen) atoms. The van der Waals surface area contributed by atoms with Crippen molar-refractivity contribution in [2.24, 2.45) is 11.5 Å². The molecule has 0 bridgehead atoms. The van der Waals surface area contributed by atoms with Crippen LogP contribution in [0.5, 0.6) is 0 Å². The molecule has 0 fully saturated rings. The second-order valence-corrected chi connectivity index (χ2v) is 7.71. The average Bonchev–Trinajstić information content (AvgIpc) is 2.83. The number of para-hydroxylation sites is 1. The van der Waals surface area contributed by atoms with E-state index in [1.807, 2.05) is 78.9 Å². The summed E-state index contributed by atoms with van der Waals surface area (Å²) in [7, 11) is 0. The first-order valence-corrected chi connectivity index (χ1v) is 10.8. The van der Waals surface area contributed by atoms with Crippen LogP contribution in [0, 0.1) is 0 Å². The number of halogens is 1. The maximum absolute atomic E-state index is 5.60. The van der Waals surface area contributed by atoms with Gasteiger partial charge in [0.25, 0.3) is 0 Å². The number of aromatic nitrogens is 2. The number of hydrogen-bond donors (Lipinski definition) is 5. The summed E-state index contributed by atoms with van der Waals surface area (Å²) in [6, 6.07) is 25.3. The fourth-order valence-electron chi connectivity index (χ4n) is 2.68. The fourth-order valence-corrected chi connectivity index (χ4v) is 2.97. The molecule has 164 valence electrons. The van der Waals surface area contributed by atoms with E-state index in [0.717, 1.165) is 32.7 Å². The Kier molecular flexibility index (Phi) is 8.56. The van der Waals surface area contributed by atoms with Crippen LogP contribution in [0.2, 0.25) is 0 Å². The minimum absolute atomic E-state index is 0.520. The SMILES string of the molecule is NCc1ccc(N)cc1.NCc1ccc(Nc2ncc(Br)c(Nc3ccccc3)n2)cc1. The molecule has 3 aromatic carbocycles. The quantitative estimate of drug-likeness (QED) is 0.242. The number of nitrogens with one attached hydrogen (secondary N) is 2. The molecule has 0 radical (unpaired) electrons. The molecule has 0 aliphatic heterocycles. The zero-order valence-corrected chi connectivity index (χ0v) is 19.1. The van der Waals surface area contributed by atoms with Crippen molar-refractivity contribution < 1.29 is 0 Å². The second kappa shape index (κ2) is 11.8. The molecule has 1 heterocycles. The predicted molar refractivity (Wildman–Crippen MR) is 136 cm³/mol. The first kappa shape index (κ1) is 23.2. The standard InChI is InChI=1S/C17H16BrN5.C7H10N2/c18-15-11-20-17(22-14-8-6-12(10-19)7-9-14)23-16(15)21-13-4-2-1-3-5-13;8-5-6-1-3-7(9)4-2-6/h1-9,11H,10,19H2,(H2,20,21,22,23);1-4H,5,8-9H2. The Bertz CT molecular complexity index is 1100. The van der Waals surface area contributed by atoms with Gasteiger partial charge in [-0.3, -0.25) is 0 Å². The normalized spacial score (nSPS) is 10.1. The summed E-state index contributed by atoms with van der Waals surface area (Å²) in [6.07, 6.45) is 1.72. The summed E-state index contributed by atoms with van der Waals surface area (Å²) in [6.45, 7) is 1.11.